The van der Waals surface area contributed by atoms with Gasteiger partial charge in [0.15, 0.2) is 0 Å². The molecule has 0 aromatic heterocycles. The van der Waals surface area contributed by atoms with Gasteiger partial charge in [0, 0.05) is 0 Å². The Labute approximate surface area is 107 Å². The number of rotatable bonds is 0. The number of hydrogen-bond donors (Lipinski definition) is 5. The van der Waals surface area contributed by atoms with E-state index in [2.05, 4.69) is 11.7 Å². The molecule has 0 spiro atoms. The molecule has 0 saturated carbocycles. The van der Waals surface area contributed by atoms with Gasteiger partial charge in [0.05, 0.1) is 0 Å². The molecule has 0 aliphatic rings. The van der Waals surface area contributed by atoms with Gasteiger partial charge in [-0.1, -0.05) is 0 Å². The first-order chi connectivity index (χ1) is 3.73. The van der Waals surface area contributed by atoms with E-state index in [4.69, 9.17) is 27.7 Å². The van der Waals surface area contributed by atoms with Crippen molar-refractivity contribution >= 4 is 80.8 Å². The Morgan fingerprint density at radius 3 is 1.20 bits per heavy atom. The van der Waals surface area contributed by atoms with Gasteiger partial charge in [-0.2, -0.15) is 8.42 Å². The van der Waals surface area contributed by atoms with E-state index in [0.717, 1.165) is 0 Å². The van der Waals surface area contributed by atoms with Crippen LogP contribution in [0.4, 0.5) is 0 Å². The van der Waals surface area contributed by atoms with E-state index < -0.39 is 17.8 Å². The molecule has 0 aliphatic carbocycles. The quantitative estimate of drug-likeness (QED) is 0.112. The molecule has 0 saturated heterocycles. The Bertz CT molecular complexity index is 127. The topological polar surface area (TPSA) is 115 Å². The molecule has 0 aromatic rings. The van der Waals surface area contributed by atoms with E-state index in [1.54, 1.807) is 0 Å². The SMILES string of the molecule is O=S(=O)(O)S.OP(O)O.[KH]. The van der Waals surface area contributed by atoms with Gasteiger partial charge in [-0.05, 0) is 11.7 Å². The van der Waals surface area contributed by atoms with Crippen LogP contribution in [-0.2, 0) is 9.15 Å². The van der Waals surface area contributed by atoms with Crippen molar-refractivity contribution in [3.63, 3.8) is 0 Å². The Kier molecular flexibility index (Phi) is 16.8. The molecule has 0 aliphatic heterocycles. The molecule has 10 heavy (non-hydrogen) atoms. The van der Waals surface area contributed by atoms with Crippen LogP contribution in [0.25, 0.3) is 0 Å². The van der Waals surface area contributed by atoms with Crippen LogP contribution in [0.15, 0.2) is 0 Å². The predicted molar refractivity (Wildman–Crippen MR) is 41.3 cm³/mol. The molecule has 0 aromatic carbocycles. The summed E-state index contributed by atoms with van der Waals surface area (Å²) in [6.07, 6.45) is 0. The fraction of sp³-hybridized carbons (Fsp3) is 0. The van der Waals surface area contributed by atoms with Crippen LogP contribution in [0.3, 0.4) is 0 Å². The van der Waals surface area contributed by atoms with Gasteiger partial charge in [-0.15, -0.1) is 0 Å². The molecule has 0 atom stereocenters. The van der Waals surface area contributed by atoms with Crippen molar-refractivity contribution in [2.75, 3.05) is 0 Å². The normalized spacial score (nSPS) is 9.40. The van der Waals surface area contributed by atoms with Gasteiger partial charge in [-0.3, -0.25) is 4.55 Å². The summed E-state index contributed by atoms with van der Waals surface area (Å²) in [5.41, 5.74) is 0. The van der Waals surface area contributed by atoms with Crippen LogP contribution in [0.5, 0.6) is 0 Å². The van der Waals surface area contributed by atoms with Crippen molar-refractivity contribution in [3.05, 3.63) is 0 Å². The van der Waals surface area contributed by atoms with Crippen molar-refractivity contribution in [2.24, 2.45) is 0 Å². The first kappa shape index (κ1) is 18.1. The molecule has 0 radical (unpaired) electrons. The monoisotopic (exact) mass is 236 g/mol. The van der Waals surface area contributed by atoms with E-state index in [1.807, 2.05) is 0 Å². The molecule has 0 fully saturated rings. The van der Waals surface area contributed by atoms with Gasteiger partial charge in [0.2, 0.25) is 0 Å². The van der Waals surface area contributed by atoms with Crippen molar-refractivity contribution in [1.29, 1.82) is 0 Å². The molecule has 4 N–H and O–H groups in total. The fourth-order valence-corrected chi connectivity index (χ4v) is 0. The van der Waals surface area contributed by atoms with Gasteiger partial charge >= 0.3 is 69.1 Å². The Balaban J connectivity index is -0.0000000910. The summed E-state index contributed by atoms with van der Waals surface area (Å²) in [6.45, 7) is 0. The van der Waals surface area contributed by atoms with Crippen molar-refractivity contribution in [1.82, 2.24) is 0 Å². The summed E-state index contributed by atoms with van der Waals surface area (Å²) in [5, 5.41) is 0. The summed E-state index contributed by atoms with van der Waals surface area (Å²) in [5.74, 6) is 0. The van der Waals surface area contributed by atoms with Crippen LogP contribution in [-0.4, -0.2) is 79.0 Å². The zero-order chi connectivity index (χ0) is 8.08. The Morgan fingerprint density at radius 1 is 1.20 bits per heavy atom. The summed E-state index contributed by atoms with van der Waals surface area (Å²) < 4.78 is 25.5. The van der Waals surface area contributed by atoms with Crippen molar-refractivity contribution in [3.8, 4) is 0 Å². The van der Waals surface area contributed by atoms with Gasteiger partial charge < -0.3 is 14.7 Å². The minimum absolute atomic E-state index is 0. The van der Waals surface area contributed by atoms with E-state index in [1.165, 1.54) is 0 Å². The van der Waals surface area contributed by atoms with E-state index in [9.17, 15) is 0 Å². The van der Waals surface area contributed by atoms with Crippen LogP contribution in [0.2, 0.25) is 0 Å². The zero-order valence-corrected chi connectivity index (χ0v) is 6.51. The number of thiol groups is 1. The standard InChI is InChI=1S/K.H3O3P.H2O3S2.H/c;1-4(2)3;1-5(2,3)4;/h;1-3H;(H2,1,2,3,4);. The van der Waals surface area contributed by atoms with Gasteiger partial charge in [0.25, 0.3) is 0 Å². The molecule has 60 valence electrons. The van der Waals surface area contributed by atoms with E-state index >= 15 is 0 Å². The maximum absolute atomic E-state index is 9.05. The Hall–Kier alpha value is 2.21. The summed E-state index contributed by atoms with van der Waals surface area (Å²) in [7, 11) is -6.59. The summed E-state index contributed by atoms with van der Waals surface area (Å²) in [6, 6.07) is 0. The van der Waals surface area contributed by atoms with Crippen molar-refractivity contribution in [2.45, 2.75) is 0 Å². The molecule has 0 amide bonds. The van der Waals surface area contributed by atoms with Crippen LogP contribution in [0.1, 0.15) is 0 Å². The maximum atomic E-state index is 9.05. The third-order valence-electron chi connectivity index (χ3n) is 0. The molecular weight excluding hydrogens is 230 g/mol. The minimum atomic E-state index is -3.97. The second-order valence-corrected chi connectivity index (χ2v) is 3.53. The number of hydrogen-bond acceptors (Lipinski definition) is 5. The van der Waals surface area contributed by atoms with Gasteiger partial charge in [-0.25, -0.2) is 0 Å². The average molecular weight is 236 g/mol. The van der Waals surface area contributed by atoms with Gasteiger partial charge in [0.1, 0.15) is 0 Å². The van der Waals surface area contributed by atoms with E-state index in [0.29, 0.717) is 0 Å². The molecular formula is H6KO6PS2. The predicted octanol–water partition coefficient (Wildman–Crippen LogP) is -1.74. The second kappa shape index (κ2) is 9.30. The van der Waals surface area contributed by atoms with Crippen LogP contribution < -0.4 is 0 Å². The fourth-order valence-electron chi connectivity index (χ4n) is 0. The second-order valence-electron chi connectivity index (χ2n) is 0.716. The Morgan fingerprint density at radius 2 is 1.20 bits per heavy atom. The molecule has 0 unspecified atom stereocenters. The van der Waals surface area contributed by atoms with Crippen LogP contribution in [0, 0.1) is 0 Å². The third kappa shape index (κ3) is 178. The van der Waals surface area contributed by atoms with Crippen molar-refractivity contribution < 1.29 is 27.7 Å². The zero-order valence-electron chi connectivity index (χ0n) is 3.91. The molecule has 0 rings (SSSR count). The first-order valence-corrected chi connectivity index (χ1v) is 4.99. The molecule has 6 nitrogen and oxygen atoms in total. The third-order valence-corrected chi connectivity index (χ3v) is 0. The van der Waals surface area contributed by atoms with Crippen LogP contribution >= 0.6 is 20.3 Å². The molecule has 0 heterocycles. The average Bonchev–Trinajstić information content (AvgIpc) is 1.19. The molecule has 0 bridgehead atoms. The first-order valence-electron chi connectivity index (χ1n) is 1.30. The van der Waals surface area contributed by atoms with E-state index in [-0.39, 0.29) is 51.4 Å². The summed E-state index contributed by atoms with van der Waals surface area (Å²) >= 11 is 2.65. The molecule has 10 heteroatoms. The summed E-state index contributed by atoms with van der Waals surface area (Å²) in [4.78, 5) is 21.7.